The Hall–Kier alpha value is -2.38. The van der Waals surface area contributed by atoms with E-state index >= 15 is 0 Å². The summed E-state index contributed by atoms with van der Waals surface area (Å²) >= 11 is 7.60. The van der Waals surface area contributed by atoms with Gasteiger partial charge in [-0.05, 0) is 49.6 Å². The van der Waals surface area contributed by atoms with Crippen LogP contribution in [0.5, 0.6) is 0 Å². The molecular formula is C19H18ClN5OS. The summed E-state index contributed by atoms with van der Waals surface area (Å²) in [6.07, 6.45) is 5.25. The quantitative estimate of drug-likeness (QED) is 0.626. The number of nitrogens with zero attached hydrogens (tertiary/aromatic N) is 5. The van der Waals surface area contributed by atoms with Crippen LogP contribution in [0.2, 0.25) is 5.02 Å². The number of halogens is 1. The number of amides is 1. The van der Waals surface area contributed by atoms with E-state index in [4.69, 9.17) is 11.6 Å². The van der Waals surface area contributed by atoms with Crippen LogP contribution < -0.4 is 4.90 Å². The summed E-state index contributed by atoms with van der Waals surface area (Å²) in [6.45, 7) is 2.68. The molecule has 138 valence electrons. The van der Waals surface area contributed by atoms with Gasteiger partial charge < -0.3 is 4.90 Å². The SMILES string of the molecule is Cc1ccc(-n2cnnc2SCC(=O)N2CCCc3ncccc32)cc1Cl. The zero-order chi connectivity index (χ0) is 18.8. The van der Waals surface area contributed by atoms with E-state index in [9.17, 15) is 4.79 Å². The molecule has 1 aliphatic heterocycles. The molecule has 0 radical (unpaired) electrons. The smallest absolute Gasteiger partial charge is 0.237 e. The maximum atomic E-state index is 12.8. The minimum absolute atomic E-state index is 0.0467. The van der Waals surface area contributed by atoms with Crippen molar-refractivity contribution in [2.24, 2.45) is 0 Å². The summed E-state index contributed by atoms with van der Waals surface area (Å²) in [5, 5.41) is 9.49. The van der Waals surface area contributed by atoms with Crippen LogP contribution in [0.25, 0.3) is 5.69 Å². The van der Waals surface area contributed by atoms with Gasteiger partial charge in [-0.1, -0.05) is 29.4 Å². The summed E-state index contributed by atoms with van der Waals surface area (Å²) in [5.74, 6) is 0.331. The first-order valence-corrected chi connectivity index (χ1v) is 10.0. The Labute approximate surface area is 166 Å². The lowest BCUT2D eigenvalue weighted by Gasteiger charge is -2.28. The summed E-state index contributed by atoms with van der Waals surface area (Å²) < 4.78 is 1.84. The molecule has 0 bridgehead atoms. The molecule has 0 saturated heterocycles. The first kappa shape index (κ1) is 18.0. The predicted molar refractivity (Wildman–Crippen MR) is 107 cm³/mol. The van der Waals surface area contributed by atoms with E-state index in [-0.39, 0.29) is 11.7 Å². The molecule has 0 fully saturated rings. The normalized spacial score (nSPS) is 13.5. The van der Waals surface area contributed by atoms with E-state index in [0.717, 1.165) is 42.0 Å². The number of hydrogen-bond acceptors (Lipinski definition) is 5. The van der Waals surface area contributed by atoms with E-state index in [1.807, 2.05) is 46.7 Å². The number of thioether (sulfide) groups is 1. The van der Waals surface area contributed by atoms with Crippen molar-refractivity contribution in [3.63, 3.8) is 0 Å². The van der Waals surface area contributed by atoms with Crippen molar-refractivity contribution in [3.05, 3.63) is 59.1 Å². The predicted octanol–water partition coefficient (Wildman–Crippen LogP) is 3.70. The lowest BCUT2D eigenvalue weighted by Crippen LogP contribution is -2.37. The van der Waals surface area contributed by atoms with Crippen molar-refractivity contribution < 1.29 is 4.79 Å². The van der Waals surface area contributed by atoms with Gasteiger partial charge in [0.15, 0.2) is 5.16 Å². The van der Waals surface area contributed by atoms with Gasteiger partial charge in [-0.3, -0.25) is 14.3 Å². The van der Waals surface area contributed by atoms with E-state index in [1.54, 1.807) is 12.5 Å². The van der Waals surface area contributed by atoms with Gasteiger partial charge in [-0.15, -0.1) is 10.2 Å². The van der Waals surface area contributed by atoms with Gasteiger partial charge in [0.2, 0.25) is 5.91 Å². The molecule has 3 heterocycles. The molecule has 0 N–H and O–H groups in total. The number of aromatic nitrogens is 4. The van der Waals surface area contributed by atoms with E-state index in [2.05, 4.69) is 15.2 Å². The van der Waals surface area contributed by atoms with Crippen molar-refractivity contribution in [1.82, 2.24) is 19.7 Å². The molecule has 6 nitrogen and oxygen atoms in total. The summed E-state index contributed by atoms with van der Waals surface area (Å²) in [5.41, 5.74) is 3.79. The van der Waals surface area contributed by atoms with Crippen LogP contribution in [-0.4, -0.2) is 38.0 Å². The number of carbonyl (C=O) groups excluding carboxylic acids is 1. The van der Waals surface area contributed by atoms with Gasteiger partial charge in [0, 0.05) is 17.8 Å². The number of fused-ring (bicyclic) bond motifs is 1. The molecule has 1 amide bonds. The molecule has 27 heavy (non-hydrogen) atoms. The Morgan fingerprint density at radius 1 is 1.33 bits per heavy atom. The minimum Gasteiger partial charge on any atom is -0.310 e. The van der Waals surface area contributed by atoms with Crippen molar-refractivity contribution in [3.8, 4) is 5.69 Å². The average Bonchev–Trinajstić information content (AvgIpc) is 3.16. The molecule has 0 saturated carbocycles. The molecule has 2 aromatic heterocycles. The van der Waals surface area contributed by atoms with Crippen LogP contribution in [0.1, 0.15) is 17.7 Å². The van der Waals surface area contributed by atoms with Crippen molar-refractivity contribution >= 4 is 35.0 Å². The van der Waals surface area contributed by atoms with Gasteiger partial charge in [-0.25, -0.2) is 0 Å². The third-order valence-electron chi connectivity index (χ3n) is 4.53. The Kier molecular flexibility index (Phi) is 5.13. The highest BCUT2D eigenvalue weighted by Gasteiger charge is 2.23. The Balaban J connectivity index is 1.50. The zero-order valence-corrected chi connectivity index (χ0v) is 16.4. The van der Waals surface area contributed by atoms with Crippen LogP contribution in [0.15, 0.2) is 48.0 Å². The van der Waals surface area contributed by atoms with Crippen LogP contribution in [0.4, 0.5) is 5.69 Å². The topological polar surface area (TPSA) is 63.9 Å². The molecule has 1 aromatic carbocycles. The lowest BCUT2D eigenvalue weighted by molar-refractivity contribution is -0.116. The minimum atomic E-state index is 0.0467. The fraction of sp³-hybridized carbons (Fsp3) is 0.263. The van der Waals surface area contributed by atoms with Gasteiger partial charge in [-0.2, -0.15) is 0 Å². The number of carbonyl (C=O) groups is 1. The van der Waals surface area contributed by atoms with Crippen molar-refractivity contribution in [1.29, 1.82) is 0 Å². The number of hydrogen-bond donors (Lipinski definition) is 0. The second-order valence-electron chi connectivity index (χ2n) is 6.32. The molecule has 0 atom stereocenters. The third kappa shape index (κ3) is 3.70. The fourth-order valence-electron chi connectivity index (χ4n) is 3.09. The monoisotopic (exact) mass is 399 g/mol. The number of rotatable bonds is 4. The first-order chi connectivity index (χ1) is 13.1. The molecule has 0 aliphatic carbocycles. The molecule has 0 unspecified atom stereocenters. The Morgan fingerprint density at radius 2 is 2.22 bits per heavy atom. The van der Waals surface area contributed by atoms with Crippen molar-refractivity contribution in [2.45, 2.75) is 24.9 Å². The molecule has 0 spiro atoms. The van der Waals surface area contributed by atoms with Gasteiger partial charge in [0.1, 0.15) is 6.33 Å². The van der Waals surface area contributed by atoms with Gasteiger partial charge in [0.25, 0.3) is 0 Å². The Bertz CT molecular complexity index is 990. The second kappa shape index (κ2) is 7.70. The van der Waals surface area contributed by atoms with Gasteiger partial charge in [0.05, 0.1) is 22.8 Å². The molecular weight excluding hydrogens is 382 g/mol. The van der Waals surface area contributed by atoms with Crippen LogP contribution in [0, 0.1) is 6.92 Å². The fourth-order valence-corrected chi connectivity index (χ4v) is 4.07. The Morgan fingerprint density at radius 3 is 3.07 bits per heavy atom. The highest BCUT2D eigenvalue weighted by molar-refractivity contribution is 7.99. The van der Waals surface area contributed by atoms with Gasteiger partial charge >= 0.3 is 0 Å². The van der Waals surface area contributed by atoms with E-state index in [1.165, 1.54) is 11.8 Å². The number of benzene rings is 1. The summed E-state index contributed by atoms with van der Waals surface area (Å²) in [6, 6.07) is 9.62. The molecule has 4 rings (SSSR count). The molecule has 3 aromatic rings. The summed E-state index contributed by atoms with van der Waals surface area (Å²) in [4.78, 5) is 19.0. The average molecular weight is 400 g/mol. The van der Waals surface area contributed by atoms with Crippen molar-refractivity contribution in [2.75, 3.05) is 17.2 Å². The highest BCUT2D eigenvalue weighted by atomic mass is 35.5. The molecule has 1 aliphatic rings. The van der Waals surface area contributed by atoms with E-state index < -0.39 is 0 Å². The number of aryl methyl sites for hydroxylation is 2. The summed E-state index contributed by atoms with van der Waals surface area (Å²) in [7, 11) is 0. The van der Waals surface area contributed by atoms with E-state index in [0.29, 0.717) is 10.2 Å². The largest absolute Gasteiger partial charge is 0.310 e. The highest BCUT2D eigenvalue weighted by Crippen LogP contribution is 2.27. The van der Waals surface area contributed by atoms with Crippen LogP contribution in [0.3, 0.4) is 0 Å². The standard InChI is InChI=1S/C19H18ClN5OS/c1-13-6-7-14(10-15(13)20)25-12-22-23-19(25)27-11-18(26)24-9-3-4-16-17(24)5-2-8-21-16/h2,5-8,10,12H,3-4,9,11H2,1H3. The van der Waals surface area contributed by atoms with Crippen LogP contribution >= 0.6 is 23.4 Å². The maximum Gasteiger partial charge on any atom is 0.237 e. The van der Waals surface area contributed by atoms with Crippen LogP contribution in [-0.2, 0) is 11.2 Å². The zero-order valence-electron chi connectivity index (χ0n) is 14.8. The lowest BCUT2D eigenvalue weighted by atomic mass is 10.1. The first-order valence-electron chi connectivity index (χ1n) is 8.67. The number of anilines is 1. The third-order valence-corrected chi connectivity index (χ3v) is 5.86. The second-order valence-corrected chi connectivity index (χ2v) is 7.67. The number of pyridine rings is 1. The maximum absolute atomic E-state index is 12.8. The molecule has 8 heteroatoms.